The molecule has 2 rings (SSSR count). The van der Waals surface area contributed by atoms with Crippen molar-refractivity contribution in [2.75, 3.05) is 7.11 Å². The van der Waals surface area contributed by atoms with E-state index in [4.69, 9.17) is 0 Å². The molecule has 2 aliphatic carbocycles. The van der Waals surface area contributed by atoms with Crippen molar-refractivity contribution in [2.45, 2.75) is 25.4 Å². The molecule has 2 saturated carbocycles. The highest BCUT2D eigenvalue weighted by molar-refractivity contribution is 5.76. The summed E-state index contributed by atoms with van der Waals surface area (Å²) in [5.74, 6) is 0.505. The van der Waals surface area contributed by atoms with E-state index in [2.05, 4.69) is 4.74 Å². The summed E-state index contributed by atoms with van der Waals surface area (Å²) in [5.41, 5.74) is 0. The lowest BCUT2D eigenvalue weighted by atomic mass is 9.98. The van der Waals surface area contributed by atoms with Crippen LogP contribution in [-0.2, 0) is 9.53 Å². The Morgan fingerprint density at radius 1 is 1.50 bits per heavy atom. The molecule has 0 aromatic rings. The third-order valence-electron chi connectivity index (χ3n) is 3.18. The summed E-state index contributed by atoms with van der Waals surface area (Å²) in [7, 11) is 1.42. The van der Waals surface area contributed by atoms with Crippen LogP contribution in [0.1, 0.15) is 19.3 Å². The van der Waals surface area contributed by atoms with Gasteiger partial charge in [0.1, 0.15) is 0 Å². The van der Waals surface area contributed by atoms with E-state index in [9.17, 15) is 9.90 Å². The minimum absolute atomic E-state index is 0.00694. The Morgan fingerprint density at radius 2 is 2.25 bits per heavy atom. The van der Waals surface area contributed by atoms with Gasteiger partial charge in [0.15, 0.2) is 0 Å². The SMILES string of the molecule is COC(=O)[C@H]1[C@@H]2CCCC(O)[C@@H]21. The fourth-order valence-electron chi connectivity index (χ4n) is 2.52. The van der Waals surface area contributed by atoms with Crippen LogP contribution in [0.25, 0.3) is 0 Å². The molecule has 1 N–H and O–H groups in total. The van der Waals surface area contributed by atoms with Crippen molar-refractivity contribution in [2.24, 2.45) is 17.8 Å². The molecule has 0 aliphatic heterocycles. The predicted octanol–water partition coefficient (Wildman–Crippen LogP) is 0.566. The minimum atomic E-state index is -0.257. The molecule has 0 aromatic carbocycles. The van der Waals surface area contributed by atoms with Gasteiger partial charge in [0, 0.05) is 5.92 Å². The van der Waals surface area contributed by atoms with Crippen LogP contribution in [-0.4, -0.2) is 24.3 Å². The molecule has 0 bridgehead atoms. The van der Waals surface area contributed by atoms with Gasteiger partial charge in [-0.1, -0.05) is 6.42 Å². The van der Waals surface area contributed by atoms with E-state index in [1.807, 2.05) is 0 Å². The molecule has 0 saturated heterocycles. The molecule has 1 unspecified atom stereocenters. The van der Waals surface area contributed by atoms with Crippen molar-refractivity contribution < 1.29 is 14.6 Å². The number of ether oxygens (including phenoxy) is 1. The van der Waals surface area contributed by atoms with Gasteiger partial charge in [-0.25, -0.2) is 0 Å². The number of rotatable bonds is 1. The zero-order valence-electron chi connectivity index (χ0n) is 7.19. The summed E-state index contributed by atoms with van der Waals surface area (Å²) in [4.78, 5) is 11.2. The summed E-state index contributed by atoms with van der Waals surface area (Å²) in [6, 6.07) is 0. The molecule has 2 aliphatic rings. The van der Waals surface area contributed by atoms with Crippen LogP contribution in [0.5, 0.6) is 0 Å². The number of methoxy groups -OCH3 is 1. The Hall–Kier alpha value is -0.570. The summed E-state index contributed by atoms with van der Waals surface area (Å²) in [5, 5.41) is 9.53. The second-order valence-electron chi connectivity index (χ2n) is 3.79. The topological polar surface area (TPSA) is 46.5 Å². The molecule has 4 atom stereocenters. The number of aliphatic hydroxyl groups is 1. The Morgan fingerprint density at radius 3 is 2.83 bits per heavy atom. The molecule has 0 radical (unpaired) electrons. The van der Waals surface area contributed by atoms with Crippen molar-refractivity contribution in [3.8, 4) is 0 Å². The minimum Gasteiger partial charge on any atom is -0.469 e. The highest BCUT2D eigenvalue weighted by atomic mass is 16.5. The Kier molecular flexibility index (Phi) is 1.83. The zero-order chi connectivity index (χ0) is 8.72. The summed E-state index contributed by atoms with van der Waals surface area (Å²) >= 11 is 0. The van der Waals surface area contributed by atoms with Crippen molar-refractivity contribution in [3.05, 3.63) is 0 Å². The summed E-state index contributed by atoms with van der Waals surface area (Å²) in [6.45, 7) is 0. The van der Waals surface area contributed by atoms with Crippen LogP contribution in [0.4, 0.5) is 0 Å². The average molecular weight is 170 g/mol. The van der Waals surface area contributed by atoms with Crippen molar-refractivity contribution in [1.29, 1.82) is 0 Å². The van der Waals surface area contributed by atoms with E-state index in [1.54, 1.807) is 0 Å². The first kappa shape index (κ1) is 8.05. The lowest BCUT2D eigenvalue weighted by Gasteiger charge is -2.13. The quantitative estimate of drug-likeness (QED) is 0.585. The number of hydrogen-bond acceptors (Lipinski definition) is 3. The molecule has 3 heteroatoms. The molecule has 3 nitrogen and oxygen atoms in total. The number of carbonyl (C=O) groups excluding carboxylic acids is 1. The summed E-state index contributed by atoms with van der Waals surface area (Å²) < 4.78 is 4.66. The molecular formula is C9H14O3. The Labute approximate surface area is 71.7 Å². The van der Waals surface area contributed by atoms with Crippen LogP contribution in [0.2, 0.25) is 0 Å². The highest BCUT2D eigenvalue weighted by Crippen LogP contribution is 2.55. The standard InChI is InChI=1S/C9H14O3/c1-12-9(11)8-5-3-2-4-6(10)7(5)8/h5-8,10H,2-4H2,1H3/t5-,6?,7-,8+/m1/s1. The largest absolute Gasteiger partial charge is 0.469 e. The maximum Gasteiger partial charge on any atom is 0.309 e. The second kappa shape index (κ2) is 2.73. The van der Waals surface area contributed by atoms with Crippen LogP contribution < -0.4 is 0 Å². The molecular weight excluding hydrogens is 156 g/mol. The van der Waals surface area contributed by atoms with E-state index < -0.39 is 0 Å². The third-order valence-corrected chi connectivity index (χ3v) is 3.18. The molecule has 0 heterocycles. The smallest absolute Gasteiger partial charge is 0.309 e. The van der Waals surface area contributed by atoms with E-state index >= 15 is 0 Å². The maximum absolute atomic E-state index is 11.2. The van der Waals surface area contributed by atoms with E-state index in [0.717, 1.165) is 19.3 Å². The van der Waals surface area contributed by atoms with Crippen molar-refractivity contribution in [1.82, 2.24) is 0 Å². The lowest BCUT2D eigenvalue weighted by Crippen LogP contribution is -2.16. The molecule has 12 heavy (non-hydrogen) atoms. The average Bonchev–Trinajstić information content (AvgIpc) is 2.79. The van der Waals surface area contributed by atoms with Gasteiger partial charge in [-0.2, -0.15) is 0 Å². The lowest BCUT2D eigenvalue weighted by molar-refractivity contribution is -0.143. The molecule has 2 fully saturated rings. The van der Waals surface area contributed by atoms with Gasteiger partial charge in [0.05, 0.1) is 19.1 Å². The summed E-state index contributed by atoms with van der Waals surface area (Å²) in [6.07, 6.45) is 2.74. The highest BCUT2D eigenvalue weighted by Gasteiger charge is 2.59. The first-order chi connectivity index (χ1) is 5.75. The van der Waals surface area contributed by atoms with Crippen LogP contribution >= 0.6 is 0 Å². The van der Waals surface area contributed by atoms with E-state index in [-0.39, 0.29) is 23.9 Å². The third kappa shape index (κ3) is 1.04. The normalized spacial score (nSPS) is 44.8. The number of hydrogen-bond donors (Lipinski definition) is 1. The van der Waals surface area contributed by atoms with Gasteiger partial charge in [0.2, 0.25) is 0 Å². The predicted molar refractivity (Wildman–Crippen MR) is 42.3 cm³/mol. The Balaban J connectivity index is 2.00. The maximum atomic E-state index is 11.2. The Bertz CT molecular complexity index is 202. The van der Waals surface area contributed by atoms with E-state index in [0.29, 0.717) is 5.92 Å². The first-order valence-electron chi connectivity index (χ1n) is 4.51. The fraction of sp³-hybridized carbons (Fsp3) is 0.889. The number of fused-ring (bicyclic) bond motifs is 1. The first-order valence-corrected chi connectivity index (χ1v) is 4.51. The second-order valence-corrected chi connectivity index (χ2v) is 3.79. The number of carbonyl (C=O) groups is 1. The van der Waals surface area contributed by atoms with Gasteiger partial charge in [-0.3, -0.25) is 4.79 Å². The molecule has 0 aromatic heterocycles. The zero-order valence-corrected chi connectivity index (χ0v) is 7.19. The molecule has 0 amide bonds. The van der Waals surface area contributed by atoms with Gasteiger partial charge < -0.3 is 9.84 Å². The van der Waals surface area contributed by atoms with Gasteiger partial charge in [-0.15, -0.1) is 0 Å². The van der Waals surface area contributed by atoms with Crippen LogP contribution in [0.3, 0.4) is 0 Å². The van der Waals surface area contributed by atoms with Gasteiger partial charge in [-0.05, 0) is 18.8 Å². The monoisotopic (exact) mass is 170 g/mol. The van der Waals surface area contributed by atoms with Crippen molar-refractivity contribution >= 4 is 5.97 Å². The van der Waals surface area contributed by atoms with Crippen molar-refractivity contribution in [3.63, 3.8) is 0 Å². The number of aliphatic hydroxyl groups excluding tert-OH is 1. The number of esters is 1. The van der Waals surface area contributed by atoms with Crippen LogP contribution in [0, 0.1) is 17.8 Å². The van der Waals surface area contributed by atoms with Gasteiger partial charge >= 0.3 is 5.97 Å². The van der Waals surface area contributed by atoms with Gasteiger partial charge in [0.25, 0.3) is 0 Å². The van der Waals surface area contributed by atoms with E-state index in [1.165, 1.54) is 7.11 Å². The molecule has 68 valence electrons. The van der Waals surface area contributed by atoms with Crippen LogP contribution in [0.15, 0.2) is 0 Å². The molecule has 0 spiro atoms. The fourth-order valence-corrected chi connectivity index (χ4v) is 2.52.